The fourth-order valence-electron chi connectivity index (χ4n) is 1.94. The van der Waals surface area contributed by atoms with Crippen LogP contribution >= 0.6 is 11.3 Å². The number of nitrogen functional groups attached to an aromatic ring is 1. The van der Waals surface area contributed by atoms with E-state index in [1.807, 2.05) is 6.20 Å². The molecule has 2 heterocycles. The molecule has 2 N–H and O–H groups in total. The van der Waals surface area contributed by atoms with Crippen molar-refractivity contribution < 1.29 is 0 Å². The van der Waals surface area contributed by atoms with E-state index >= 15 is 0 Å². The summed E-state index contributed by atoms with van der Waals surface area (Å²) in [4.78, 5) is 0. The van der Waals surface area contributed by atoms with Gasteiger partial charge in [0.2, 0.25) is 5.13 Å². The second-order valence-corrected chi connectivity index (χ2v) is 4.99. The van der Waals surface area contributed by atoms with E-state index in [9.17, 15) is 0 Å². The highest BCUT2D eigenvalue weighted by molar-refractivity contribution is 7.18. The van der Waals surface area contributed by atoms with Crippen molar-refractivity contribution in [2.24, 2.45) is 0 Å². The zero-order valence-electron chi connectivity index (χ0n) is 9.05. The summed E-state index contributed by atoms with van der Waals surface area (Å²) in [6.45, 7) is 3.01. The van der Waals surface area contributed by atoms with Crippen LogP contribution < -0.4 is 5.73 Å². The van der Waals surface area contributed by atoms with Crippen LogP contribution in [-0.2, 0) is 6.54 Å². The van der Waals surface area contributed by atoms with E-state index in [4.69, 9.17) is 5.73 Å². The van der Waals surface area contributed by atoms with E-state index in [2.05, 4.69) is 26.9 Å². The van der Waals surface area contributed by atoms with Gasteiger partial charge in [-0.15, -0.1) is 10.2 Å². The molecule has 84 valence electrons. The first-order valence-electron chi connectivity index (χ1n) is 5.44. The number of aromatic nitrogens is 4. The lowest BCUT2D eigenvalue weighted by Gasteiger charge is -2.04. The molecule has 0 aromatic carbocycles. The third kappa shape index (κ3) is 1.49. The zero-order valence-corrected chi connectivity index (χ0v) is 9.87. The summed E-state index contributed by atoms with van der Waals surface area (Å²) < 4.78 is 2.06. The lowest BCUT2D eigenvalue weighted by Crippen LogP contribution is -2.01. The van der Waals surface area contributed by atoms with Crippen molar-refractivity contribution in [3.8, 4) is 10.6 Å². The van der Waals surface area contributed by atoms with Gasteiger partial charge >= 0.3 is 0 Å². The van der Waals surface area contributed by atoms with Crippen molar-refractivity contribution in [1.82, 2.24) is 20.0 Å². The first kappa shape index (κ1) is 9.77. The quantitative estimate of drug-likeness (QED) is 0.881. The molecule has 1 aliphatic rings. The number of nitrogens with two attached hydrogens (primary N) is 1. The molecule has 0 aliphatic heterocycles. The molecule has 1 aliphatic carbocycles. The van der Waals surface area contributed by atoms with E-state index in [-0.39, 0.29) is 0 Å². The maximum Gasteiger partial charge on any atom is 0.203 e. The molecular formula is C10H13N5S. The molecule has 0 bridgehead atoms. The highest BCUT2D eigenvalue weighted by Crippen LogP contribution is 2.44. The topological polar surface area (TPSA) is 69.6 Å². The van der Waals surface area contributed by atoms with Crippen LogP contribution in [0.15, 0.2) is 6.20 Å². The zero-order chi connectivity index (χ0) is 11.1. The molecule has 16 heavy (non-hydrogen) atoms. The second kappa shape index (κ2) is 3.55. The van der Waals surface area contributed by atoms with Crippen LogP contribution in [0.4, 0.5) is 5.13 Å². The molecule has 1 fully saturated rings. The monoisotopic (exact) mass is 235 g/mol. The number of aryl methyl sites for hydroxylation is 1. The predicted octanol–water partition coefficient (Wildman–Crippen LogP) is 1.88. The molecule has 2 aromatic rings. The third-order valence-corrected chi connectivity index (χ3v) is 3.60. The Kier molecular flexibility index (Phi) is 2.17. The minimum absolute atomic E-state index is 0.515. The number of anilines is 1. The number of hydrogen-bond acceptors (Lipinski definition) is 5. The molecule has 3 rings (SSSR count). The molecule has 0 saturated heterocycles. The van der Waals surface area contributed by atoms with Crippen molar-refractivity contribution in [1.29, 1.82) is 0 Å². The van der Waals surface area contributed by atoms with E-state index < -0.39 is 0 Å². The Balaban J connectivity index is 2.09. The minimum Gasteiger partial charge on any atom is -0.374 e. The van der Waals surface area contributed by atoms with Gasteiger partial charge in [-0.2, -0.15) is 5.10 Å². The van der Waals surface area contributed by atoms with Gasteiger partial charge in [0.1, 0.15) is 0 Å². The van der Waals surface area contributed by atoms with Gasteiger partial charge in [-0.25, -0.2) is 0 Å². The molecular weight excluding hydrogens is 222 g/mol. The average Bonchev–Trinajstić information content (AvgIpc) is 2.88. The number of hydrogen-bond donors (Lipinski definition) is 1. The Morgan fingerprint density at radius 2 is 2.31 bits per heavy atom. The van der Waals surface area contributed by atoms with Crippen LogP contribution in [0, 0.1) is 0 Å². The van der Waals surface area contributed by atoms with Crippen molar-refractivity contribution in [3.63, 3.8) is 0 Å². The molecule has 5 nitrogen and oxygen atoms in total. The summed E-state index contributed by atoms with van der Waals surface area (Å²) in [6.07, 6.45) is 4.40. The maximum atomic E-state index is 5.61. The van der Waals surface area contributed by atoms with Crippen molar-refractivity contribution >= 4 is 16.5 Å². The molecule has 0 atom stereocenters. The van der Waals surface area contributed by atoms with Crippen LogP contribution in [0.5, 0.6) is 0 Å². The second-order valence-electron chi connectivity index (χ2n) is 3.98. The lowest BCUT2D eigenvalue weighted by molar-refractivity contribution is 0.623. The van der Waals surface area contributed by atoms with Crippen LogP contribution in [0.1, 0.15) is 31.4 Å². The first-order chi connectivity index (χ1) is 7.79. The fraction of sp³-hybridized carbons (Fsp3) is 0.500. The highest BCUT2D eigenvalue weighted by Gasteiger charge is 2.31. The van der Waals surface area contributed by atoms with Crippen LogP contribution in [0.25, 0.3) is 10.6 Å². The minimum atomic E-state index is 0.515. The first-order valence-corrected chi connectivity index (χ1v) is 6.26. The SMILES string of the molecule is CCn1ncc(-c2nnc(N)s2)c1C1CC1. The summed E-state index contributed by atoms with van der Waals surface area (Å²) in [5.41, 5.74) is 8.03. The Hall–Kier alpha value is -1.43. The molecule has 0 spiro atoms. The van der Waals surface area contributed by atoms with Gasteiger partial charge in [-0.1, -0.05) is 11.3 Å². The van der Waals surface area contributed by atoms with E-state index in [1.54, 1.807) is 0 Å². The van der Waals surface area contributed by atoms with Gasteiger partial charge in [-0.05, 0) is 19.8 Å². The smallest absolute Gasteiger partial charge is 0.203 e. The molecule has 0 amide bonds. The van der Waals surface area contributed by atoms with Crippen LogP contribution in [-0.4, -0.2) is 20.0 Å². The highest BCUT2D eigenvalue weighted by atomic mass is 32.1. The summed E-state index contributed by atoms with van der Waals surface area (Å²) in [6, 6.07) is 0. The van der Waals surface area contributed by atoms with Gasteiger partial charge in [0.15, 0.2) is 5.01 Å². The van der Waals surface area contributed by atoms with E-state index in [0.717, 1.165) is 17.1 Å². The van der Waals surface area contributed by atoms with Crippen molar-refractivity contribution in [3.05, 3.63) is 11.9 Å². The Labute approximate surface area is 97.3 Å². The molecule has 0 unspecified atom stereocenters. The van der Waals surface area contributed by atoms with Gasteiger partial charge in [0.05, 0.1) is 17.5 Å². The van der Waals surface area contributed by atoms with Crippen LogP contribution in [0.2, 0.25) is 0 Å². The molecule has 0 radical (unpaired) electrons. The standard InChI is InChI=1S/C10H13N5S/c1-2-15-8(6-3-4-6)7(5-12-15)9-13-14-10(11)16-9/h5-6H,2-4H2,1H3,(H2,11,14). The van der Waals surface area contributed by atoms with E-state index in [0.29, 0.717) is 11.0 Å². The lowest BCUT2D eigenvalue weighted by atomic mass is 10.2. The fourth-order valence-corrected chi connectivity index (χ4v) is 2.57. The third-order valence-electron chi connectivity index (χ3n) is 2.81. The normalized spacial score (nSPS) is 15.6. The average molecular weight is 235 g/mol. The largest absolute Gasteiger partial charge is 0.374 e. The van der Waals surface area contributed by atoms with Crippen molar-refractivity contribution in [2.45, 2.75) is 32.2 Å². The van der Waals surface area contributed by atoms with E-state index in [1.165, 1.54) is 29.9 Å². The summed E-state index contributed by atoms with van der Waals surface area (Å²) >= 11 is 1.43. The summed E-state index contributed by atoms with van der Waals surface area (Å²) in [7, 11) is 0. The van der Waals surface area contributed by atoms with Gasteiger partial charge < -0.3 is 5.73 Å². The number of nitrogens with zero attached hydrogens (tertiary/aromatic N) is 4. The molecule has 6 heteroatoms. The number of rotatable bonds is 3. The Bertz CT molecular complexity index is 511. The van der Waals surface area contributed by atoms with Gasteiger partial charge in [0, 0.05) is 12.5 Å². The predicted molar refractivity (Wildman–Crippen MR) is 63.2 cm³/mol. The van der Waals surface area contributed by atoms with Crippen molar-refractivity contribution in [2.75, 3.05) is 5.73 Å². The summed E-state index contributed by atoms with van der Waals surface area (Å²) in [5, 5.41) is 13.8. The molecule has 2 aromatic heterocycles. The summed E-state index contributed by atoms with van der Waals surface area (Å²) in [5.74, 6) is 0.655. The maximum absolute atomic E-state index is 5.61. The van der Waals surface area contributed by atoms with Gasteiger partial charge in [-0.3, -0.25) is 4.68 Å². The van der Waals surface area contributed by atoms with Gasteiger partial charge in [0.25, 0.3) is 0 Å². The van der Waals surface area contributed by atoms with Crippen LogP contribution in [0.3, 0.4) is 0 Å². The Morgan fingerprint density at radius 1 is 1.50 bits per heavy atom. The molecule has 1 saturated carbocycles. The Morgan fingerprint density at radius 3 is 2.88 bits per heavy atom.